The Kier molecular flexibility index (Phi) is 5.14. The number of hydrogen-bond donors (Lipinski definition) is 2. The van der Waals surface area contributed by atoms with E-state index in [0.29, 0.717) is 17.9 Å². The van der Waals surface area contributed by atoms with Gasteiger partial charge < -0.3 is 9.47 Å². The third-order valence-electron chi connectivity index (χ3n) is 3.19. The number of ether oxygens (including phenoxy) is 2. The van der Waals surface area contributed by atoms with Crippen LogP contribution in [0.25, 0.3) is 0 Å². The quantitative estimate of drug-likeness (QED) is 0.634. The van der Waals surface area contributed by atoms with Crippen LogP contribution in [-0.2, 0) is 0 Å². The molecule has 0 bridgehead atoms. The third kappa shape index (κ3) is 3.51. The number of hydrogen-bond acceptors (Lipinski definition) is 4. The van der Waals surface area contributed by atoms with Crippen LogP contribution in [-0.4, -0.2) is 13.7 Å². The second-order valence-electron chi connectivity index (χ2n) is 4.49. The van der Waals surface area contributed by atoms with Gasteiger partial charge in [0.05, 0.1) is 19.8 Å². The lowest BCUT2D eigenvalue weighted by Gasteiger charge is -2.19. The van der Waals surface area contributed by atoms with Crippen LogP contribution in [0.5, 0.6) is 11.5 Å². The highest BCUT2D eigenvalue weighted by Crippen LogP contribution is 2.28. The molecule has 0 fully saturated rings. The van der Waals surface area contributed by atoms with Gasteiger partial charge in [-0.3, -0.25) is 5.84 Å². The van der Waals surface area contributed by atoms with Crippen molar-refractivity contribution in [2.24, 2.45) is 5.84 Å². The highest BCUT2D eigenvalue weighted by Gasteiger charge is 2.17. The van der Waals surface area contributed by atoms with Gasteiger partial charge in [-0.05, 0) is 30.7 Å². The molecule has 0 aliphatic rings. The summed E-state index contributed by atoms with van der Waals surface area (Å²) < 4.78 is 24.7. The number of rotatable bonds is 6. The number of hydrazine groups is 1. The van der Waals surface area contributed by atoms with E-state index in [0.717, 1.165) is 11.3 Å². The monoisotopic (exact) mass is 290 g/mol. The molecular weight excluding hydrogens is 271 g/mol. The minimum Gasteiger partial charge on any atom is -0.497 e. The van der Waals surface area contributed by atoms with Crippen molar-refractivity contribution in [3.05, 3.63) is 59.4 Å². The molecule has 3 N–H and O–H groups in total. The first-order chi connectivity index (χ1) is 10.2. The molecule has 1 unspecified atom stereocenters. The Morgan fingerprint density at radius 3 is 2.62 bits per heavy atom. The van der Waals surface area contributed by atoms with Crippen molar-refractivity contribution in [3.8, 4) is 11.5 Å². The van der Waals surface area contributed by atoms with E-state index in [1.54, 1.807) is 12.1 Å². The Hall–Kier alpha value is -2.11. The average molecular weight is 290 g/mol. The maximum Gasteiger partial charge on any atom is 0.132 e. The Balaban J connectivity index is 2.37. The Labute approximate surface area is 123 Å². The first-order valence-corrected chi connectivity index (χ1v) is 6.72. The predicted molar refractivity (Wildman–Crippen MR) is 79.7 cm³/mol. The van der Waals surface area contributed by atoms with Gasteiger partial charge in [-0.1, -0.05) is 18.2 Å². The third-order valence-corrected chi connectivity index (χ3v) is 3.19. The van der Waals surface area contributed by atoms with Crippen molar-refractivity contribution >= 4 is 0 Å². The summed E-state index contributed by atoms with van der Waals surface area (Å²) in [4.78, 5) is 0. The lowest BCUT2D eigenvalue weighted by atomic mass is 9.98. The van der Waals surface area contributed by atoms with E-state index >= 15 is 0 Å². The maximum absolute atomic E-state index is 14.2. The fourth-order valence-electron chi connectivity index (χ4n) is 2.19. The lowest BCUT2D eigenvalue weighted by Crippen LogP contribution is -2.29. The zero-order valence-corrected chi connectivity index (χ0v) is 12.1. The fourth-order valence-corrected chi connectivity index (χ4v) is 2.19. The van der Waals surface area contributed by atoms with Crippen LogP contribution in [0.2, 0.25) is 0 Å². The molecule has 21 heavy (non-hydrogen) atoms. The molecule has 0 aliphatic heterocycles. The molecular formula is C16H19FN2O2. The van der Waals surface area contributed by atoms with Crippen molar-refractivity contribution in [2.45, 2.75) is 13.0 Å². The van der Waals surface area contributed by atoms with E-state index in [2.05, 4.69) is 5.43 Å². The number of nitrogens with one attached hydrogen (secondary N) is 1. The molecule has 0 heterocycles. The smallest absolute Gasteiger partial charge is 0.132 e. The first-order valence-electron chi connectivity index (χ1n) is 6.72. The number of benzene rings is 2. The summed E-state index contributed by atoms with van der Waals surface area (Å²) in [6, 6.07) is 11.7. The SMILES string of the molecule is CCOc1cccc(C(NN)c2ccc(OC)cc2F)c1. The van der Waals surface area contributed by atoms with Crippen molar-refractivity contribution in [1.82, 2.24) is 5.43 Å². The molecule has 0 aromatic heterocycles. The zero-order chi connectivity index (χ0) is 15.2. The van der Waals surface area contributed by atoms with Crippen molar-refractivity contribution in [2.75, 3.05) is 13.7 Å². The molecule has 1 atom stereocenters. The van der Waals surface area contributed by atoms with E-state index in [-0.39, 0.29) is 5.82 Å². The molecule has 0 saturated carbocycles. The maximum atomic E-state index is 14.2. The van der Waals surface area contributed by atoms with Crippen LogP contribution < -0.4 is 20.7 Å². The second kappa shape index (κ2) is 7.06. The zero-order valence-electron chi connectivity index (χ0n) is 12.1. The van der Waals surface area contributed by atoms with Gasteiger partial charge in [0.2, 0.25) is 0 Å². The van der Waals surface area contributed by atoms with Crippen LogP contribution in [0, 0.1) is 5.82 Å². The summed E-state index contributed by atoms with van der Waals surface area (Å²) in [6.07, 6.45) is 0. The summed E-state index contributed by atoms with van der Waals surface area (Å²) in [6.45, 7) is 2.48. The molecule has 2 aromatic rings. The van der Waals surface area contributed by atoms with Crippen LogP contribution in [0.3, 0.4) is 0 Å². The van der Waals surface area contributed by atoms with Crippen LogP contribution in [0.1, 0.15) is 24.1 Å². The Morgan fingerprint density at radius 2 is 2.00 bits per heavy atom. The summed E-state index contributed by atoms with van der Waals surface area (Å²) >= 11 is 0. The van der Waals surface area contributed by atoms with Gasteiger partial charge in [0.15, 0.2) is 0 Å². The normalized spacial score (nSPS) is 12.0. The molecule has 0 aliphatic carbocycles. The lowest BCUT2D eigenvalue weighted by molar-refractivity contribution is 0.339. The van der Waals surface area contributed by atoms with Gasteiger partial charge >= 0.3 is 0 Å². The summed E-state index contributed by atoms with van der Waals surface area (Å²) in [5, 5.41) is 0. The molecule has 2 aromatic carbocycles. The molecule has 0 amide bonds. The minimum atomic E-state index is -0.462. The topological polar surface area (TPSA) is 56.5 Å². The Bertz CT molecular complexity index is 605. The number of methoxy groups -OCH3 is 1. The summed E-state index contributed by atoms with van der Waals surface area (Å²) in [7, 11) is 1.50. The highest BCUT2D eigenvalue weighted by molar-refractivity contribution is 5.39. The van der Waals surface area contributed by atoms with Crippen molar-refractivity contribution in [1.29, 1.82) is 0 Å². The Morgan fingerprint density at radius 1 is 1.19 bits per heavy atom. The molecule has 0 spiro atoms. The van der Waals surface area contributed by atoms with Gasteiger partial charge in [-0.2, -0.15) is 0 Å². The van der Waals surface area contributed by atoms with Gasteiger partial charge in [0.1, 0.15) is 17.3 Å². The standard InChI is InChI=1S/C16H19FN2O2/c1-3-21-13-6-4-5-11(9-13)16(19-18)14-8-7-12(20-2)10-15(14)17/h4-10,16,19H,3,18H2,1-2H3. The molecule has 2 rings (SSSR count). The molecule has 112 valence electrons. The minimum absolute atomic E-state index is 0.376. The highest BCUT2D eigenvalue weighted by atomic mass is 19.1. The molecule has 5 heteroatoms. The predicted octanol–water partition coefficient (Wildman–Crippen LogP) is 2.79. The average Bonchev–Trinajstić information content (AvgIpc) is 2.50. The van der Waals surface area contributed by atoms with Gasteiger partial charge in [-0.25, -0.2) is 9.82 Å². The van der Waals surface area contributed by atoms with E-state index in [1.807, 2.05) is 31.2 Å². The molecule has 0 saturated heterocycles. The van der Waals surface area contributed by atoms with E-state index in [4.69, 9.17) is 15.3 Å². The summed E-state index contributed by atoms with van der Waals surface area (Å²) in [5.41, 5.74) is 3.92. The number of nitrogens with two attached hydrogens (primary N) is 1. The molecule has 4 nitrogen and oxygen atoms in total. The van der Waals surface area contributed by atoms with Gasteiger partial charge in [0.25, 0.3) is 0 Å². The van der Waals surface area contributed by atoms with Crippen molar-refractivity contribution in [3.63, 3.8) is 0 Å². The van der Waals surface area contributed by atoms with Crippen LogP contribution >= 0.6 is 0 Å². The first kappa shape index (κ1) is 15.3. The largest absolute Gasteiger partial charge is 0.497 e. The van der Waals surface area contributed by atoms with E-state index in [9.17, 15) is 4.39 Å². The van der Waals surface area contributed by atoms with E-state index < -0.39 is 6.04 Å². The van der Waals surface area contributed by atoms with Crippen LogP contribution in [0.4, 0.5) is 4.39 Å². The van der Waals surface area contributed by atoms with E-state index in [1.165, 1.54) is 13.2 Å². The van der Waals surface area contributed by atoms with Crippen molar-refractivity contribution < 1.29 is 13.9 Å². The molecule has 0 radical (unpaired) electrons. The second-order valence-corrected chi connectivity index (χ2v) is 4.49. The van der Waals surface area contributed by atoms with Crippen LogP contribution in [0.15, 0.2) is 42.5 Å². The summed E-state index contributed by atoms with van der Waals surface area (Å²) in [5.74, 6) is 6.43. The van der Waals surface area contributed by atoms with Gasteiger partial charge in [-0.15, -0.1) is 0 Å². The fraction of sp³-hybridized carbons (Fsp3) is 0.250. The van der Waals surface area contributed by atoms with Gasteiger partial charge in [0, 0.05) is 11.6 Å². The number of halogens is 1.